The zero-order valence-corrected chi connectivity index (χ0v) is 12.5. The highest BCUT2D eigenvalue weighted by atomic mass is 16.3. The molecule has 1 aromatic carbocycles. The van der Waals surface area contributed by atoms with E-state index in [0.29, 0.717) is 11.6 Å². The largest absolute Gasteiger partial charge is 0.392 e. The highest BCUT2D eigenvalue weighted by Crippen LogP contribution is 2.17. The number of nitrogens with zero attached hydrogens (tertiary/aromatic N) is 3. The molecule has 114 valence electrons. The van der Waals surface area contributed by atoms with Crippen molar-refractivity contribution in [3.63, 3.8) is 0 Å². The fourth-order valence-electron chi connectivity index (χ4n) is 3.23. The number of amides is 1. The number of benzene rings is 1. The maximum atomic E-state index is 12.6. The van der Waals surface area contributed by atoms with Crippen molar-refractivity contribution in [3.05, 3.63) is 35.4 Å². The van der Waals surface area contributed by atoms with Crippen LogP contribution in [-0.4, -0.2) is 78.1 Å². The molecule has 2 fully saturated rings. The van der Waals surface area contributed by atoms with Crippen LogP contribution in [-0.2, 0) is 6.61 Å². The van der Waals surface area contributed by atoms with Crippen molar-refractivity contribution >= 4 is 5.91 Å². The van der Waals surface area contributed by atoms with Crippen LogP contribution in [0.3, 0.4) is 0 Å². The zero-order valence-electron chi connectivity index (χ0n) is 12.5. The summed E-state index contributed by atoms with van der Waals surface area (Å²) in [4.78, 5) is 19.4. The van der Waals surface area contributed by atoms with E-state index in [1.54, 1.807) is 0 Å². The number of likely N-dealkylation sites (N-methyl/N-ethyl adjacent to an activating group) is 1. The first-order chi connectivity index (χ1) is 10.2. The quantitative estimate of drug-likeness (QED) is 0.848. The Bertz CT molecular complexity index is 503. The molecule has 1 atom stereocenters. The first-order valence-corrected chi connectivity index (χ1v) is 7.59. The third kappa shape index (κ3) is 3.10. The lowest BCUT2D eigenvalue weighted by Crippen LogP contribution is -2.62. The van der Waals surface area contributed by atoms with E-state index in [4.69, 9.17) is 5.11 Å². The predicted octanol–water partition coefficient (Wildman–Crippen LogP) is 0.251. The lowest BCUT2D eigenvalue weighted by molar-refractivity contribution is 0.0190. The van der Waals surface area contributed by atoms with Gasteiger partial charge in [0.2, 0.25) is 0 Å². The molecule has 2 aliphatic heterocycles. The molecule has 1 amide bonds. The summed E-state index contributed by atoms with van der Waals surface area (Å²) >= 11 is 0. The Labute approximate surface area is 125 Å². The molecule has 2 saturated heterocycles. The lowest BCUT2D eigenvalue weighted by Gasteiger charge is -2.46. The molecule has 0 spiro atoms. The van der Waals surface area contributed by atoms with Gasteiger partial charge >= 0.3 is 0 Å². The Morgan fingerprint density at radius 1 is 1.14 bits per heavy atom. The Morgan fingerprint density at radius 3 is 2.57 bits per heavy atom. The molecular weight excluding hydrogens is 266 g/mol. The molecule has 21 heavy (non-hydrogen) atoms. The monoisotopic (exact) mass is 289 g/mol. The number of carbonyl (C=O) groups excluding carboxylic acids is 1. The van der Waals surface area contributed by atoms with E-state index in [1.165, 1.54) is 0 Å². The third-order valence-electron chi connectivity index (χ3n) is 4.57. The molecular formula is C16H23N3O2. The molecule has 0 aliphatic carbocycles. The smallest absolute Gasteiger partial charge is 0.253 e. The average molecular weight is 289 g/mol. The van der Waals surface area contributed by atoms with Crippen LogP contribution in [0.1, 0.15) is 15.9 Å². The fraction of sp³-hybridized carbons (Fsp3) is 0.562. The zero-order chi connectivity index (χ0) is 14.8. The summed E-state index contributed by atoms with van der Waals surface area (Å²) in [6, 6.07) is 7.72. The molecule has 0 bridgehead atoms. The summed E-state index contributed by atoms with van der Waals surface area (Å²) in [5, 5.41) is 9.06. The second-order valence-electron chi connectivity index (χ2n) is 6.06. The topological polar surface area (TPSA) is 47.0 Å². The molecule has 1 aromatic rings. The van der Waals surface area contributed by atoms with Gasteiger partial charge in [0.25, 0.3) is 5.91 Å². The van der Waals surface area contributed by atoms with Gasteiger partial charge in [-0.1, -0.05) is 12.1 Å². The van der Waals surface area contributed by atoms with Gasteiger partial charge in [0.15, 0.2) is 0 Å². The van der Waals surface area contributed by atoms with E-state index < -0.39 is 0 Å². The summed E-state index contributed by atoms with van der Waals surface area (Å²) in [6.07, 6.45) is 0. The van der Waals surface area contributed by atoms with Gasteiger partial charge in [-0.05, 0) is 24.7 Å². The maximum absolute atomic E-state index is 12.6. The van der Waals surface area contributed by atoms with Crippen molar-refractivity contribution in [1.29, 1.82) is 0 Å². The molecule has 5 heteroatoms. The number of aliphatic hydroxyl groups excluding tert-OH is 1. The first-order valence-electron chi connectivity index (χ1n) is 7.59. The SMILES string of the molecule is CN1CCN2CCN(C(=O)c3ccc(CO)cc3)CC2C1. The van der Waals surface area contributed by atoms with Gasteiger partial charge in [-0.2, -0.15) is 0 Å². The van der Waals surface area contributed by atoms with Crippen LogP contribution in [0.15, 0.2) is 24.3 Å². The molecule has 1 unspecified atom stereocenters. The predicted molar refractivity (Wildman–Crippen MR) is 81.1 cm³/mol. The summed E-state index contributed by atoms with van der Waals surface area (Å²) in [7, 11) is 2.14. The Morgan fingerprint density at radius 2 is 1.86 bits per heavy atom. The van der Waals surface area contributed by atoms with Gasteiger partial charge in [0.05, 0.1) is 6.61 Å². The minimum absolute atomic E-state index is 0.0154. The maximum Gasteiger partial charge on any atom is 0.253 e. The molecule has 3 rings (SSSR count). The van der Waals surface area contributed by atoms with Crippen LogP contribution in [0.4, 0.5) is 0 Å². The van der Waals surface area contributed by atoms with Gasteiger partial charge in [-0.15, -0.1) is 0 Å². The molecule has 0 radical (unpaired) electrons. The molecule has 0 saturated carbocycles. The molecule has 1 N–H and O–H groups in total. The molecule has 2 aliphatic rings. The van der Waals surface area contributed by atoms with Crippen LogP contribution >= 0.6 is 0 Å². The second kappa shape index (κ2) is 6.13. The lowest BCUT2D eigenvalue weighted by atomic mass is 10.1. The number of hydrogen-bond donors (Lipinski definition) is 1. The Balaban J connectivity index is 1.67. The Hall–Kier alpha value is -1.43. The van der Waals surface area contributed by atoms with Crippen molar-refractivity contribution in [2.24, 2.45) is 0 Å². The minimum atomic E-state index is 0.0154. The van der Waals surface area contributed by atoms with Crippen molar-refractivity contribution in [1.82, 2.24) is 14.7 Å². The van der Waals surface area contributed by atoms with Crippen molar-refractivity contribution < 1.29 is 9.90 Å². The third-order valence-corrected chi connectivity index (χ3v) is 4.57. The van der Waals surface area contributed by atoms with E-state index in [-0.39, 0.29) is 12.5 Å². The van der Waals surface area contributed by atoms with E-state index in [9.17, 15) is 4.79 Å². The first kappa shape index (κ1) is 14.5. The number of hydrogen-bond acceptors (Lipinski definition) is 4. The molecule has 0 aromatic heterocycles. The van der Waals surface area contributed by atoms with Crippen LogP contribution < -0.4 is 0 Å². The van der Waals surface area contributed by atoms with Crippen molar-refractivity contribution in [3.8, 4) is 0 Å². The number of fused-ring (bicyclic) bond motifs is 1. The van der Waals surface area contributed by atoms with Gasteiger partial charge < -0.3 is 14.9 Å². The minimum Gasteiger partial charge on any atom is -0.392 e. The van der Waals surface area contributed by atoms with Crippen LogP contribution in [0.5, 0.6) is 0 Å². The summed E-state index contributed by atoms with van der Waals surface area (Å²) < 4.78 is 0. The number of aliphatic hydroxyl groups is 1. The summed E-state index contributed by atoms with van der Waals surface area (Å²) in [5.74, 6) is 0.104. The van der Waals surface area contributed by atoms with E-state index in [1.807, 2.05) is 29.2 Å². The summed E-state index contributed by atoms with van der Waals surface area (Å²) in [5.41, 5.74) is 1.55. The van der Waals surface area contributed by atoms with E-state index >= 15 is 0 Å². The summed E-state index contributed by atoms with van der Waals surface area (Å²) in [6.45, 7) is 5.86. The van der Waals surface area contributed by atoms with Gasteiger partial charge in [-0.3, -0.25) is 9.69 Å². The molecule has 2 heterocycles. The van der Waals surface area contributed by atoms with Crippen LogP contribution in [0, 0.1) is 0 Å². The van der Waals surface area contributed by atoms with Crippen LogP contribution in [0.2, 0.25) is 0 Å². The number of rotatable bonds is 2. The number of carbonyl (C=O) groups is 1. The Kier molecular flexibility index (Phi) is 4.24. The van der Waals surface area contributed by atoms with Crippen molar-refractivity contribution in [2.75, 3.05) is 46.3 Å². The van der Waals surface area contributed by atoms with Gasteiger partial charge in [0.1, 0.15) is 0 Å². The average Bonchev–Trinajstić information content (AvgIpc) is 2.53. The number of piperazine rings is 2. The standard InChI is InChI=1S/C16H23N3O2/c1-17-6-7-18-8-9-19(11-15(18)10-17)16(21)14-4-2-13(12-20)3-5-14/h2-5,15,20H,6-12H2,1H3. The second-order valence-corrected chi connectivity index (χ2v) is 6.06. The normalized spacial score (nSPS) is 23.9. The van der Waals surface area contributed by atoms with Crippen molar-refractivity contribution in [2.45, 2.75) is 12.6 Å². The fourth-order valence-corrected chi connectivity index (χ4v) is 3.23. The van der Waals surface area contributed by atoms with Gasteiger partial charge in [0, 0.05) is 50.9 Å². The highest BCUT2D eigenvalue weighted by molar-refractivity contribution is 5.94. The highest BCUT2D eigenvalue weighted by Gasteiger charge is 2.32. The van der Waals surface area contributed by atoms with E-state index in [0.717, 1.165) is 44.8 Å². The molecule has 5 nitrogen and oxygen atoms in total. The van der Waals surface area contributed by atoms with Crippen LogP contribution in [0.25, 0.3) is 0 Å². The van der Waals surface area contributed by atoms with Gasteiger partial charge in [-0.25, -0.2) is 0 Å². The van der Waals surface area contributed by atoms with E-state index in [2.05, 4.69) is 16.8 Å².